The predicted molar refractivity (Wildman–Crippen MR) is 106 cm³/mol. The van der Waals surface area contributed by atoms with Crippen molar-refractivity contribution >= 4 is 11.9 Å². The molecule has 1 unspecified atom stereocenters. The minimum atomic E-state index is 0.269. The molecule has 1 heterocycles. The topological polar surface area (TPSA) is 66.0 Å². The van der Waals surface area contributed by atoms with Crippen LogP contribution in [-0.4, -0.2) is 61.7 Å². The van der Waals surface area contributed by atoms with Gasteiger partial charge in [0.1, 0.15) is 0 Å². The van der Waals surface area contributed by atoms with Crippen LogP contribution in [-0.2, 0) is 9.53 Å². The number of guanidine groups is 1. The van der Waals surface area contributed by atoms with E-state index in [2.05, 4.69) is 41.3 Å². The van der Waals surface area contributed by atoms with Crippen molar-refractivity contribution in [3.63, 3.8) is 0 Å². The van der Waals surface area contributed by atoms with Crippen LogP contribution in [0.5, 0.6) is 0 Å². The van der Waals surface area contributed by atoms with Gasteiger partial charge in [0.15, 0.2) is 5.96 Å². The van der Waals surface area contributed by atoms with Gasteiger partial charge in [-0.3, -0.25) is 9.79 Å². The van der Waals surface area contributed by atoms with E-state index < -0.39 is 0 Å². The monoisotopic (exact) mass is 366 g/mol. The van der Waals surface area contributed by atoms with Crippen LogP contribution in [0.2, 0.25) is 0 Å². The Labute approximate surface area is 159 Å². The number of aliphatic imine (C=N–C) groups is 1. The summed E-state index contributed by atoms with van der Waals surface area (Å²) in [6, 6.07) is 0.298. The molecule has 0 bridgehead atoms. The van der Waals surface area contributed by atoms with Gasteiger partial charge in [-0.05, 0) is 46.5 Å². The maximum absolute atomic E-state index is 12.7. The summed E-state index contributed by atoms with van der Waals surface area (Å²) in [6.07, 6.45) is 8.07. The van der Waals surface area contributed by atoms with Crippen LogP contribution in [0.3, 0.4) is 0 Å². The Bertz CT molecular complexity index is 447. The minimum absolute atomic E-state index is 0.269. The summed E-state index contributed by atoms with van der Waals surface area (Å²) in [5.74, 6) is 1.50. The van der Waals surface area contributed by atoms with Crippen molar-refractivity contribution in [2.24, 2.45) is 10.9 Å². The van der Waals surface area contributed by atoms with Crippen molar-refractivity contribution in [2.75, 3.05) is 32.8 Å². The molecule has 1 saturated heterocycles. The first-order valence-corrected chi connectivity index (χ1v) is 10.6. The van der Waals surface area contributed by atoms with Crippen LogP contribution in [0, 0.1) is 5.92 Å². The molecule has 0 spiro atoms. The van der Waals surface area contributed by atoms with E-state index in [9.17, 15) is 4.79 Å². The average Bonchev–Trinajstić information content (AvgIpc) is 3.10. The molecule has 0 aromatic carbocycles. The van der Waals surface area contributed by atoms with Crippen LogP contribution < -0.4 is 10.6 Å². The highest BCUT2D eigenvalue weighted by atomic mass is 16.5. The molecule has 6 nitrogen and oxygen atoms in total. The Morgan fingerprint density at radius 1 is 1.23 bits per heavy atom. The Morgan fingerprint density at radius 2 is 2.00 bits per heavy atom. The third-order valence-electron chi connectivity index (χ3n) is 5.16. The summed E-state index contributed by atoms with van der Waals surface area (Å²) < 4.78 is 5.56. The molecule has 1 saturated carbocycles. The van der Waals surface area contributed by atoms with Gasteiger partial charge in [-0.2, -0.15) is 0 Å². The number of likely N-dealkylation sites (tertiary alicyclic amines) is 1. The molecule has 1 aliphatic carbocycles. The quantitative estimate of drug-likeness (QED) is 0.394. The number of ether oxygens (including phenoxy) is 1. The van der Waals surface area contributed by atoms with E-state index in [1.165, 1.54) is 19.3 Å². The van der Waals surface area contributed by atoms with Crippen molar-refractivity contribution < 1.29 is 9.53 Å². The number of hydrogen-bond donors (Lipinski definition) is 2. The first kappa shape index (κ1) is 21.0. The molecule has 1 aliphatic heterocycles. The Kier molecular flexibility index (Phi) is 9.23. The fourth-order valence-corrected chi connectivity index (χ4v) is 3.77. The largest absolute Gasteiger partial charge is 0.379 e. The smallest absolute Gasteiger partial charge is 0.225 e. The SMILES string of the molecule is CCNC(=NCCCOC(C)C)NC1CCN(C(=O)C2CCCCC2)C1. The van der Waals surface area contributed by atoms with Gasteiger partial charge in [-0.15, -0.1) is 0 Å². The molecule has 1 amide bonds. The van der Waals surface area contributed by atoms with Gasteiger partial charge < -0.3 is 20.3 Å². The number of carbonyl (C=O) groups excluding carboxylic acids is 1. The van der Waals surface area contributed by atoms with Gasteiger partial charge in [0, 0.05) is 44.7 Å². The lowest BCUT2D eigenvalue weighted by molar-refractivity contribution is -0.135. The minimum Gasteiger partial charge on any atom is -0.379 e. The van der Waals surface area contributed by atoms with Crippen LogP contribution in [0.1, 0.15) is 65.7 Å². The third kappa shape index (κ3) is 7.14. The van der Waals surface area contributed by atoms with Gasteiger partial charge >= 0.3 is 0 Å². The number of carbonyl (C=O) groups is 1. The molecule has 0 radical (unpaired) electrons. The lowest BCUT2D eigenvalue weighted by atomic mass is 9.88. The van der Waals surface area contributed by atoms with Crippen molar-refractivity contribution in [3.8, 4) is 0 Å². The number of nitrogens with one attached hydrogen (secondary N) is 2. The standard InChI is InChI=1S/C20H38N4O2/c1-4-21-20(22-12-8-14-26-16(2)3)23-18-11-13-24(15-18)19(25)17-9-6-5-7-10-17/h16-18H,4-15H2,1-3H3,(H2,21,22,23). The van der Waals surface area contributed by atoms with E-state index in [-0.39, 0.29) is 12.0 Å². The lowest BCUT2D eigenvalue weighted by Crippen LogP contribution is -2.45. The third-order valence-corrected chi connectivity index (χ3v) is 5.16. The fourth-order valence-electron chi connectivity index (χ4n) is 3.77. The highest BCUT2D eigenvalue weighted by Crippen LogP contribution is 2.26. The molecule has 2 fully saturated rings. The van der Waals surface area contributed by atoms with Gasteiger partial charge in [-0.25, -0.2) is 0 Å². The number of amides is 1. The molecule has 2 rings (SSSR count). The maximum Gasteiger partial charge on any atom is 0.225 e. The molecule has 1 atom stereocenters. The van der Waals surface area contributed by atoms with Gasteiger partial charge in [0.2, 0.25) is 5.91 Å². The summed E-state index contributed by atoms with van der Waals surface area (Å²) in [6.45, 7) is 10.2. The molecule has 2 N–H and O–H groups in total. The molecule has 26 heavy (non-hydrogen) atoms. The highest BCUT2D eigenvalue weighted by molar-refractivity contribution is 5.81. The second-order valence-electron chi connectivity index (χ2n) is 7.78. The van der Waals surface area contributed by atoms with Gasteiger partial charge in [0.05, 0.1) is 6.10 Å². The first-order valence-electron chi connectivity index (χ1n) is 10.6. The summed E-state index contributed by atoms with van der Waals surface area (Å²) in [5, 5.41) is 6.82. The summed E-state index contributed by atoms with van der Waals surface area (Å²) >= 11 is 0. The van der Waals surface area contributed by atoms with E-state index in [1.54, 1.807) is 0 Å². The van der Waals surface area contributed by atoms with E-state index in [4.69, 9.17) is 4.74 Å². The molecule has 6 heteroatoms. The van der Waals surface area contributed by atoms with Crippen LogP contribution in [0.4, 0.5) is 0 Å². The van der Waals surface area contributed by atoms with Crippen LogP contribution in [0.15, 0.2) is 4.99 Å². The normalized spacial score (nSPS) is 22.1. The molecule has 150 valence electrons. The Morgan fingerprint density at radius 3 is 2.69 bits per heavy atom. The van der Waals surface area contributed by atoms with Gasteiger partial charge in [0.25, 0.3) is 0 Å². The average molecular weight is 367 g/mol. The maximum atomic E-state index is 12.7. The van der Waals surface area contributed by atoms with E-state index in [0.717, 1.165) is 64.4 Å². The number of hydrogen-bond acceptors (Lipinski definition) is 3. The Hall–Kier alpha value is -1.30. The second kappa shape index (κ2) is 11.4. The molecular formula is C20H38N4O2. The van der Waals surface area contributed by atoms with E-state index in [0.29, 0.717) is 11.9 Å². The van der Waals surface area contributed by atoms with Crippen molar-refractivity contribution in [1.82, 2.24) is 15.5 Å². The van der Waals surface area contributed by atoms with Crippen molar-refractivity contribution in [2.45, 2.75) is 77.9 Å². The summed E-state index contributed by atoms with van der Waals surface area (Å²) in [4.78, 5) is 19.4. The second-order valence-corrected chi connectivity index (χ2v) is 7.78. The van der Waals surface area contributed by atoms with Crippen LogP contribution in [0.25, 0.3) is 0 Å². The first-order chi connectivity index (χ1) is 12.6. The zero-order valence-electron chi connectivity index (χ0n) is 16.9. The van der Waals surface area contributed by atoms with Crippen molar-refractivity contribution in [3.05, 3.63) is 0 Å². The molecular weight excluding hydrogens is 328 g/mol. The molecule has 2 aliphatic rings. The molecule has 0 aromatic rings. The lowest BCUT2D eigenvalue weighted by Gasteiger charge is -2.26. The Balaban J connectivity index is 1.75. The van der Waals surface area contributed by atoms with Crippen molar-refractivity contribution in [1.29, 1.82) is 0 Å². The zero-order valence-corrected chi connectivity index (χ0v) is 16.9. The zero-order chi connectivity index (χ0) is 18.8. The predicted octanol–water partition coefficient (Wildman–Crippen LogP) is 2.54. The fraction of sp³-hybridized carbons (Fsp3) is 0.900. The number of rotatable bonds is 8. The van der Waals surface area contributed by atoms with Crippen LogP contribution >= 0.6 is 0 Å². The van der Waals surface area contributed by atoms with E-state index in [1.807, 2.05) is 0 Å². The summed E-state index contributed by atoms with van der Waals surface area (Å²) in [5.41, 5.74) is 0. The van der Waals surface area contributed by atoms with Gasteiger partial charge in [-0.1, -0.05) is 19.3 Å². The molecule has 0 aromatic heterocycles. The highest BCUT2D eigenvalue weighted by Gasteiger charge is 2.31. The van der Waals surface area contributed by atoms with E-state index >= 15 is 0 Å². The number of nitrogens with zero attached hydrogens (tertiary/aromatic N) is 2. The summed E-state index contributed by atoms with van der Waals surface area (Å²) in [7, 11) is 0.